The summed E-state index contributed by atoms with van der Waals surface area (Å²) in [7, 11) is 0. The van der Waals surface area contributed by atoms with Crippen LogP contribution in [-0.2, 0) is 24.0 Å². The van der Waals surface area contributed by atoms with Gasteiger partial charge in [-0.05, 0) is 32.1 Å². The van der Waals surface area contributed by atoms with Crippen LogP contribution >= 0.6 is 0 Å². The molecule has 0 heterocycles. The van der Waals surface area contributed by atoms with Gasteiger partial charge in [0.05, 0.1) is 12.1 Å². The van der Waals surface area contributed by atoms with Gasteiger partial charge in [0.2, 0.25) is 17.7 Å². The van der Waals surface area contributed by atoms with E-state index < -0.39 is 66.4 Å². The maximum absolute atomic E-state index is 12.9. The third-order valence-corrected chi connectivity index (χ3v) is 5.46. The van der Waals surface area contributed by atoms with Crippen LogP contribution < -0.4 is 33.2 Å². The van der Waals surface area contributed by atoms with E-state index in [0.29, 0.717) is 6.42 Å². The molecule has 12 N–H and O–H groups in total. The zero-order valence-electron chi connectivity index (χ0n) is 20.8. The molecule has 0 aliphatic carbocycles. The number of rotatable bonds is 17. The van der Waals surface area contributed by atoms with Crippen LogP contribution in [-0.4, -0.2) is 87.8 Å². The van der Waals surface area contributed by atoms with Crippen molar-refractivity contribution in [1.29, 1.82) is 0 Å². The molecular weight excluding hydrogens is 478 g/mol. The topological polar surface area (TPSA) is 273 Å². The van der Waals surface area contributed by atoms with E-state index in [1.54, 1.807) is 6.92 Å². The van der Waals surface area contributed by atoms with Crippen molar-refractivity contribution in [2.24, 2.45) is 28.1 Å². The van der Waals surface area contributed by atoms with E-state index in [-0.39, 0.29) is 37.7 Å². The zero-order chi connectivity index (χ0) is 28.0. The van der Waals surface area contributed by atoms with Gasteiger partial charge in [-0.25, -0.2) is 4.79 Å². The van der Waals surface area contributed by atoms with Gasteiger partial charge in [0, 0.05) is 13.0 Å². The number of carbonyl (C=O) groups is 5. The second-order valence-corrected chi connectivity index (χ2v) is 8.48. The molecule has 3 amide bonds. The number of hydrogen-bond acceptors (Lipinski definition) is 8. The number of aliphatic carboxylic acids is 2. The van der Waals surface area contributed by atoms with E-state index in [4.69, 9.17) is 22.3 Å². The summed E-state index contributed by atoms with van der Waals surface area (Å²) < 4.78 is 0. The highest BCUT2D eigenvalue weighted by Crippen LogP contribution is 2.08. The Hall–Kier alpha value is -3.46. The Balaban J connectivity index is 5.47. The number of carboxylic acids is 2. The molecule has 0 aliphatic heterocycles. The van der Waals surface area contributed by atoms with Crippen LogP contribution in [0.25, 0.3) is 0 Å². The third-order valence-electron chi connectivity index (χ3n) is 5.46. The molecule has 6 atom stereocenters. The summed E-state index contributed by atoms with van der Waals surface area (Å²) in [6, 6.07) is -5.28. The molecule has 15 nitrogen and oxygen atoms in total. The number of aliphatic hydroxyl groups is 1. The highest BCUT2D eigenvalue weighted by Gasteiger charge is 2.33. The van der Waals surface area contributed by atoms with Crippen molar-refractivity contribution in [3.05, 3.63) is 0 Å². The van der Waals surface area contributed by atoms with Crippen molar-refractivity contribution in [3.63, 3.8) is 0 Å². The molecule has 0 radical (unpaired) electrons. The fourth-order valence-electron chi connectivity index (χ4n) is 3.00. The van der Waals surface area contributed by atoms with E-state index in [2.05, 4.69) is 20.9 Å². The molecule has 0 aliphatic rings. The molecule has 0 bridgehead atoms. The van der Waals surface area contributed by atoms with Gasteiger partial charge in [0.1, 0.15) is 18.1 Å². The van der Waals surface area contributed by atoms with Crippen LogP contribution in [0.3, 0.4) is 0 Å². The summed E-state index contributed by atoms with van der Waals surface area (Å²) in [6.07, 6.45) is -1.47. The largest absolute Gasteiger partial charge is 0.481 e. The molecule has 36 heavy (non-hydrogen) atoms. The number of aliphatic imine (C=N–C) groups is 1. The molecule has 0 saturated carbocycles. The second kappa shape index (κ2) is 16.3. The number of carbonyl (C=O) groups excluding carboxylic acids is 3. The summed E-state index contributed by atoms with van der Waals surface area (Å²) in [5.74, 6) is -5.58. The van der Waals surface area contributed by atoms with Gasteiger partial charge in [0.25, 0.3) is 0 Å². The lowest BCUT2D eigenvalue weighted by molar-refractivity contribution is -0.143. The average Bonchev–Trinajstić information content (AvgIpc) is 2.79. The highest BCUT2D eigenvalue weighted by atomic mass is 16.4. The van der Waals surface area contributed by atoms with Gasteiger partial charge in [-0.15, -0.1) is 0 Å². The van der Waals surface area contributed by atoms with Crippen molar-refractivity contribution in [2.75, 3.05) is 6.54 Å². The van der Waals surface area contributed by atoms with Crippen LogP contribution in [0.4, 0.5) is 0 Å². The lowest BCUT2D eigenvalue weighted by atomic mass is 9.98. The molecule has 0 aromatic rings. The first-order valence-corrected chi connectivity index (χ1v) is 11.6. The van der Waals surface area contributed by atoms with Crippen LogP contribution in [0.15, 0.2) is 4.99 Å². The number of nitrogens with two attached hydrogens (primary N) is 3. The Morgan fingerprint density at radius 2 is 1.47 bits per heavy atom. The third kappa shape index (κ3) is 12.3. The molecule has 0 saturated heterocycles. The lowest BCUT2D eigenvalue weighted by Crippen LogP contribution is -2.60. The standard InChI is InChI=1S/C21H39N7O8/c1-4-10(2)15(22)18(33)26-12(7-8-14(30)31)17(32)28-16(11(3)29)19(34)27-13(20(35)36)6-5-9-25-21(23)24/h10-13,15-16,29H,4-9,22H2,1-3H3,(H,26,33)(H,27,34)(H,28,32)(H,30,31)(H,35,36)(H4,23,24,25). The normalized spacial score (nSPS) is 15.8. The van der Waals surface area contributed by atoms with Gasteiger partial charge in [0.15, 0.2) is 5.96 Å². The monoisotopic (exact) mass is 517 g/mol. The molecule has 206 valence electrons. The maximum atomic E-state index is 12.9. The fourth-order valence-corrected chi connectivity index (χ4v) is 3.00. The molecule has 15 heteroatoms. The first-order valence-electron chi connectivity index (χ1n) is 11.6. The van der Waals surface area contributed by atoms with E-state index >= 15 is 0 Å². The van der Waals surface area contributed by atoms with Crippen LogP contribution in [0.5, 0.6) is 0 Å². The molecule has 0 aromatic heterocycles. The summed E-state index contributed by atoms with van der Waals surface area (Å²) in [4.78, 5) is 64.3. The van der Waals surface area contributed by atoms with E-state index in [1.165, 1.54) is 6.92 Å². The number of nitrogens with one attached hydrogen (secondary N) is 3. The van der Waals surface area contributed by atoms with Crippen molar-refractivity contribution in [3.8, 4) is 0 Å². The van der Waals surface area contributed by atoms with Gasteiger partial charge < -0.3 is 48.5 Å². The van der Waals surface area contributed by atoms with Crippen molar-refractivity contribution in [1.82, 2.24) is 16.0 Å². The molecule has 0 aromatic carbocycles. The second-order valence-electron chi connectivity index (χ2n) is 8.48. The smallest absolute Gasteiger partial charge is 0.326 e. The Morgan fingerprint density at radius 1 is 0.889 bits per heavy atom. The van der Waals surface area contributed by atoms with E-state index in [0.717, 1.165) is 0 Å². The van der Waals surface area contributed by atoms with Crippen LogP contribution in [0, 0.1) is 5.92 Å². The first-order chi connectivity index (χ1) is 16.7. The fraction of sp³-hybridized carbons (Fsp3) is 0.714. The number of amides is 3. The van der Waals surface area contributed by atoms with E-state index in [1.807, 2.05) is 6.92 Å². The van der Waals surface area contributed by atoms with E-state index in [9.17, 15) is 34.2 Å². The number of carboxylic acid groups (broad SMARTS) is 2. The predicted molar refractivity (Wildman–Crippen MR) is 129 cm³/mol. The molecular formula is C21H39N7O8. The van der Waals surface area contributed by atoms with Gasteiger partial charge in [-0.3, -0.25) is 24.2 Å². The molecule has 6 unspecified atom stereocenters. The number of nitrogens with zero attached hydrogens (tertiary/aromatic N) is 1. The minimum atomic E-state index is -1.59. The number of guanidine groups is 1. The summed E-state index contributed by atoms with van der Waals surface area (Å²) in [5.41, 5.74) is 16.3. The van der Waals surface area contributed by atoms with Crippen molar-refractivity contribution < 1.29 is 39.3 Å². The number of hydrogen-bond donors (Lipinski definition) is 9. The first kappa shape index (κ1) is 32.5. The van der Waals surface area contributed by atoms with Gasteiger partial charge in [-0.1, -0.05) is 20.3 Å². The predicted octanol–water partition coefficient (Wildman–Crippen LogP) is -2.80. The minimum absolute atomic E-state index is 0.0386. The molecule has 0 rings (SSSR count). The maximum Gasteiger partial charge on any atom is 0.326 e. The van der Waals surface area contributed by atoms with Gasteiger partial charge >= 0.3 is 11.9 Å². The summed E-state index contributed by atoms with van der Waals surface area (Å²) >= 11 is 0. The Bertz CT molecular complexity index is 801. The molecule has 0 spiro atoms. The Morgan fingerprint density at radius 3 is 1.94 bits per heavy atom. The summed E-state index contributed by atoms with van der Waals surface area (Å²) in [6.45, 7) is 4.88. The quantitative estimate of drug-likeness (QED) is 0.0539. The van der Waals surface area contributed by atoms with Crippen molar-refractivity contribution in [2.45, 2.75) is 83.1 Å². The lowest BCUT2D eigenvalue weighted by Gasteiger charge is -2.27. The number of aliphatic hydroxyl groups excluding tert-OH is 1. The Kier molecular flexibility index (Phi) is 14.7. The molecule has 0 fully saturated rings. The van der Waals surface area contributed by atoms with Crippen LogP contribution in [0.1, 0.15) is 52.9 Å². The summed E-state index contributed by atoms with van der Waals surface area (Å²) in [5, 5.41) is 35.3. The minimum Gasteiger partial charge on any atom is -0.481 e. The SMILES string of the molecule is CCC(C)C(N)C(=O)NC(CCC(=O)O)C(=O)NC(C(=O)NC(CCCN=C(N)N)C(=O)O)C(C)O. The average molecular weight is 518 g/mol. The van der Waals surface area contributed by atoms with Crippen molar-refractivity contribution >= 4 is 35.6 Å². The highest BCUT2D eigenvalue weighted by molar-refractivity contribution is 5.94. The van der Waals surface area contributed by atoms with Gasteiger partial charge in [-0.2, -0.15) is 0 Å². The van der Waals surface area contributed by atoms with Crippen LogP contribution in [0.2, 0.25) is 0 Å². The Labute approximate surface area is 209 Å². The zero-order valence-corrected chi connectivity index (χ0v) is 20.8.